The summed E-state index contributed by atoms with van der Waals surface area (Å²) in [6.07, 6.45) is 2.64. The number of halogens is 1. The predicted octanol–water partition coefficient (Wildman–Crippen LogP) is 2.29. The Labute approximate surface area is 137 Å². The number of benzene rings is 1. The first-order valence-electron chi connectivity index (χ1n) is 6.93. The molecule has 1 aromatic heterocycles. The van der Waals surface area contributed by atoms with Crippen molar-refractivity contribution < 1.29 is 12.9 Å². The van der Waals surface area contributed by atoms with Crippen LogP contribution < -0.4 is 5.73 Å². The van der Waals surface area contributed by atoms with E-state index in [1.807, 2.05) is 12.1 Å². The number of nitrogens with zero attached hydrogens (tertiary/aromatic N) is 2. The van der Waals surface area contributed by atoms with Gasteiger partial charge in [0.15, 0.2) is 15.7 Å². The highest BCUT2D eigenvalue weighted by Crippen LogP contribution is 2.36. The smallest absolute Gasteiger partial charge is 0.241 e. The van der Waals surface area contributed by atoms with Gasteiger partial charge in [0.1, 0.15) is 5.75 Å². The molecule has 118 valence electrons. The molecule has 0 radical (unpaired) electrons. The SMILES string of the molecule is NC1(c2noc(CS(=O)(=O)Cc3ccc(Br)cc3)n2)CCC1. The van der Waals surface area contributed by atoms with Gasteiger partial charge in [0.05, 0.1) is 11.3 Å². The maximum Gasteiger partial charge on any atom is 0.241 e. The summed E-state index contributed by atoms with van der Waals surface area (Å²) < 4.78 is 30.4. The number of hydrogen-bond acceptors (Lipinski definition) is 6. The molecule has 0 bridgehead atoms. The second-order valence-electron chi connectivity index (χ2n) is 5.68. The lowest BCUT2D eigenvalue weighted by atomic mass is 9.77. The van der Waals surface area contributed by atoms with E-state index < -0.39 is 15.4 Å². The van der Waals surface area contributed by atoms with Crippen LogP contribution in [0.4, 0.5) is 0 Å². The Bertz CT molecular complexity index is 767. The van der Waals surface area contributed by atoms with Gasteiger partial charge in [-0.2, -0.15) is 4.98 Å². The Morgan fingerprint density at radius 1 is 1.23 bits per heavy atom. The van der Waals surface area contributed by atoms with Gasteiger partial charge < -0.3 is 10.3 Å². The molecule has 6 nitrogen and oxygen atoms in total. The van der Waals surface area contributed by atoms with Gasteiger partial charge in [0.25, 0.3) is 0 Å². The number of rotatable bonds is 5. The van der Waals surface area contributed by atoms with Crippen molar-refractivity contribution in [2.45, 2.75) is 36.3 Å². The Kier molecular flexibility index (Phi) is 4.09. The molecule has 1 fully saturated rings. The fourth-order valence-corrected chi connectivity index (χ4v) is 3.93. The molecule has 1 saturated carbocycles. The highest BCUT2D eigenvalue weighted by Gasteiger charge is 2.39. The molecule has 0 saturated heterocycles. The highest BCUT2D eigenvalue weighted by molar-refractivity contribution is 9.10. The largest absolute Gasteiger partial charge is 0.338 e. The third-order valence-electron chi connectivity index (χ3n) is 3.80. The van der Waals surface area contributed by atoms with Crippen LogP contribution in [0.2, 0.25) is 0 Å². The predicted molar refractivity (Wildman–Crippen MR) is 84.5 cm³/mol. The van der Waals surface area contributed by atoms with Crippen molar-refractivity contribution in [1.29, 1.82) is 0 Å². The van der Waals surface area contributed by atoms with E-state index in [0.29, 0.717) is 5.82 Å². The summed E-state index contributed by atoms with van der Waals surface area (Å²) >= 11 is 3.32. The molecule has 0 atom stereocenters. The van der Waals surface area contributed by atoms with Gasteiger partial charge in [-0.3, -0.25) is 0 Å². The zero-order valence-electron chi connectivity index (χ0n) is 11.8. The Morgan fingerprint density at radius 3 is 2.50 bits per heavy atom. The minimum Gasteiger partial charge on any atom is -0.338 e. The fourth-order valence-electron chi connectivity index (χ4n) is 2.37. The highest BCUT2D eigenvalue weighted by atomic mass is 79.9. The second kappa shape index (κ2) is 5.75. The fraction of sp³-hybridized carbons (Fsp3) is 0.429. The van der Waals surface area contributed by atoms with Crippen molar-refractivity contribution in [1.82, 2.24) is 10.1 Å². The van der Waals surface area contributed by atoms with E-state index >= 15 is 0 Å². The van der Waals surface area contributed by atoms with Gasteiger partial charge in [-0.25, -0.2) is 8.42 Å². The quantitative estimate of drug-likeness (QED) is 0.847. The molecule has 22 heavy (non-hydrogen) atoms. The zero-order chi connectivity index (χ0) is 15.8. The number of sulfone groups is 1. The maximum atomic E-state index is 12.2. The van der Waals surface area contributed by atoms with Crippen LogP contribution in [-0.2, 0) is 26.9 Å². The maximum absolute atomic E-state index is 12.2. The van der Waals surface area contributed by atoms with E-state index in [4.69, 9.17) is 10.3 Å². The van der Waals surface area contributed by atoms with Gasteiger partial charge >= 0.3 is 0 Å². The third kappa shape index (κ3) is 3.39. The van der Waals surface area contributed by atoms with Crippen molar-refractivity contribution in [3.05, 3.63) is 46.0 Å². The van der Waals surface area contributed by atoms with Crippen LogP contribution in [0.25, 0.3) is 0 Å². The Balaban J connectivity index is 1.70. The summed E-state index contributed by atoms with van der Waals surface area (Å²) in [4.78, 5) is 4.16. The minimum absolute atomic E-state index is 0.0637. The molecule has 0 aliphatic heterocycles. The molecule has 1 aliphatic rings. The molecule has 0 spiro atoms. The third-order valence-corrected chi connectivity index (χ3v) is 5.79. The van der Waals surface area contributed by atoms with Crippen molar-refractivity contribution in [2.24, 2.45) is 5.73 Å². The normalized spacial score (nSPS) is 17.2. The van der Waals surface area contributed by atoms with Crippen LogP contribution in [0.15, 0.2) is 33.3 Å². The van der Waals surface area contributed by atoms with Crippen molar-refractivity contribution in [3.8, 4) is 0 Å². The van der Waals surface area contributed by atoms with E-state index in [2.05, 4.69) is 26.1 Å². The summed E-state index contributed by atoms with van der Waals surface area (Å²) in [5.74, 6) is 0.175. The van der Waals surface area contributed by atoms with Crippen LogP contribution in [0, 0.1) is 0 Å². The number of hydrogen-bond donors (Lipinski definition) is 1. The molecule has 1 aliphatic carbocycles. The number of aromatic nitrogens is 2. The Morgan fingerprint density at radius 2 is 1.91 bits per heavy atom. The first-order valence-corrected chi connectivity index (χ1v) is 9.55. The summed E-state index contributed by atoms with van der Waals surface area (Å²) in [7, 11) is -3.37. The molecule has 2 aromatic rings. The molecule has 2 N–H and O–H groups in total. The summed E-state index contributed by atoms with van der Waals surface area (Å²) in [5.41, 5.74) is 6.28. The summed E-state index contributed by atoms with van der Waals surface area (Å²) in [6.45, 7) is 0. The summed E-state index contributed by atoms with van der Waals surface area (Å²) in [6, 6.07) is 7.16. The summed E-state index contributed by atoms with van der Waals surface area (Å²) in [5, 5.41) is 3.83. The van der Waals surface area contributed by atoms with Crippen LogP contribution in [0.3, 0.4) is 0 Å². The monoisotopic (exact) mass is 385 g/mol. The average Bonchev–Trinajstić information content (AvgIpc) is 2.86. The second-order valence-corrected chi connectivity index (χ2v) is 8.66. The molecule has 1 aromatic carbocycles. The number of nitrogens with two attached hydrogens (primary N) is 1. The minimum atomic E-state index is -3.37. The lowest BCUT2D eigenvalue weighted by Gasteiger charge is -2.34. The average molecular weight is 386 g/mol. The van der Waals surface area contributed by atoms with Crippen molar-refractivity contribution in [3.63, 3.8) is 0 Å². The first kappa shape index (κ1) is 15.6. The van der Waals surface area contributed by atoms with Crippen molar-refractivity contribution >= 4 is 25.8 Å². The van der Waals surface area contributed by atoms with E-state index in [9.17, 15) is 8.42 Å². The van der Waals surface area contributed by atoms with E-state index in [1.54, 1.807) is 12.1 Å². The van der Waals surface area contributed by atoms with E-state index in [-0.39, 0.29) is 17.4 Å². The molecular formula is C14H16BrN3O3S. The van der Waals surface area contributed by atoms with E-state index in [1.165, 1.54) is 0 Å². The van der Waals surface area contributed by atoms with Crippen LogP contribution >= 0.6 is 15.9 Å². The standard InChI is InChI=1S/C14H16BrN3O3S/c15-11-4-2-10(3-5-11)8-22(19,20)9-12-17-13(18-21-12)14(16)6-1-7-14/h2-5H,1,6-9,16H2. The zero-order valence-corrected chi connectivity index (χ0v) is 14.2. The van der Waals surface area contributed by atoms with Gasteiger partial charge in [-0.1, -0.05) is 33.2 Å². The first-order chi connectivity index (χ1) is 10.4. The topological polar surface area (TPSA) is 99.1 Å². The molecular weight excluding hydrogens is 370 g/mol. The Hall–Kier alpha value is -1.25. The van der Waals surface area contributed by atoms with Gasteiger partial charge in [0.2, 0.25) is 5.89 Å². The lowest BCUT2D eigenvalue weighted by molar-refractivity contribution is 0.229. The van der Waals surface area contributed by atoms with Crippen LogP contribution in [-0.4, -0.2) is 18.6 Å². The molecule has 3 rings (SSSR count). The molecule has 1 heterocycles. The molecule has 0 amide bonds. The van der Waals surface area contributed by atoms with Gasteiger partial charge in [-0.05, 0) is 37.0 Å². The van der Waals surface area contributed by atoms with Gasteiger partial charge in [-0.15, -0.1) is 0 Å². The van der Waals surface area contributed by atoms with Crippen LogP contribution in [0.5, 0.6) is 0 Å². The lowest BCUT2D eigenvalue weighted by Crippen LogP contribution is -2.44. The van der Waals surface area contributed by atoms with Crippen LogP contribution in [0.1, 0.15) is 36.5 Å². The van der Waals surface area contributed by atoms with Crippen molar-refractivity contribution in [2.75, 3.05) is 0 Å². The van der Waals surface area contributed by atoms with Gasteiger partial charge in [0, 0.05) is 4.47 Å². The molecule has 0 unspecified atom stereocenters. The molecule has 8 heteroatoms. The van der Waals surface area contributed by atoms with E-state index in [0.717, 1.165) is 29.3 Å².